The molecule has 0 bridgehead atoms. The van der Waals surface area contributed by atoms with Crippen LogP contribution in [-0.4, -0.2) is 0 Å². The van der Waals surface area contributed by atoms with E-state index in [0.29, 0.717) is 0 Å². The maximum Gasteiger partial charge on any atom is 2.00 e. The van der Waals surface area contributed by atoms with Crippen molar-refractivity contribution in [2.45, 2.75) is 41.5 Å². The van der Waals surface area contributed by atoms with Crippen LogP contribution >= 0.6 is 0 Å². The van der Waals surface area contributed by atoms with Crippen LogP contribution in [-0.2, 0) is 26.2 Å². The van der Waals surface area contributed by atoms with Gasteiger partial charge in [-0.2, -0.15) is 34.4 Å². The molecule has 0 nitrogen and oxygen atoms in total. The normalized spacial score (nSPS) is 9.29. The summed E-state index contributed by atoms with van der Waals surface area (Å²) in [5.74, 6) is 0. The van der Waals surface area contributed by atoms with Crippen molar-refractivity contribution in [1.29, 1.82) is 0 Å². The second-order valence-electron chi connectivity index (χ2n) is 4.80. The third-order valence-electron chi connectivity index (χ3n) is 3.02. The molecule has 0 amide bonds. The van der Waals surface area contributed by atoms with E-state index in [2.05, 4.69) is 65.8 Å². The molecule has 0 aliphatic rings. The minimum Gasteiger partial charge on any atom is -0.208 e. The van der Waals surface area contributed by atoms with Gasteiger partial charge in [-0.15, -0.1) is 0 Å². The first kappa shape index (κ1) is 16.6. The van der Waals surface area contributed by atoms with Gasteiger partial charge in [0.1, 0.15) is 0 Å². The summed E-state index contributed by atoms with van der Waals surface area (Å²) >= 11 is 0. The first-order valence-corrected chi connectivity index (χ1v) is 5.81. The number of aryl methyl sites for hydroxylation is 6. The SMILES string of the molecule is Cc1cc(C)[c-](C)c1.Cc1cc(C)[c-](C)c1.[Zr+2]. The first-order chi connectivity index (χ1) is 7.40. The van der Waals surface area contributed by atoms with Crippen molar-refractivity contribution in [2.75, 3.05) is 0 Å². The first-order valence-electron chi connectivity index (χ1n) is 5.81. The Morgan fingerprint density at radius 1 is 0.706 bits per heavy atom. The molecule has 1 heteroatoms. The van der Waals surface area contributed by atoms with E-state index in [1.807, 2.05) is 0 Å². The molecule has 0 radical (unpaired) electrons. The smallest absolute Gasteiger partial charge is 0.208 e. The van der Waals surface area contributed by atoms with Crippen molar-refractivity contribution in [3.05, 3.63) is 57.6 Å². The summed E-state index contributed by atoms with van der Waals surface area (Å²) < 4.78 is 0. The Hall–Kier alpha value is -0.417. The van der Waals surface area contributed by atoms with Gasteiger partial charge in [-0.1, -0.05) is 41.5 Å². The monoisotopic (exact) mass is 304 g/mol. The van der Waals surface area contributed by atoms with E-state index in [1.54, 1.807) is 0 Å². The molecule has 0 heterocycles. The molecule has 0 N–H and O–H groups in total. The van der Waals surface area contributed by atoms with Crippen molar-refractivity contribution >= 4 is 0 Å². The second-order valence-corrected chi connectivity index (χ2v) is 4.80. The fourth-order valence-corrected chi connectivity index (χ4v) is 1.90. The zero-order valence-electron chi connectivity index (χ0n) is 11.8. The number of rotatable bonds is 0. The van der Waals surface area contributed by atoms with Crippen LogP contribution in [0.1, 0.15) is 33.4 Å². The predicted octanol–water partition coefficient (Wildman–Crippen LogP) is 4.66. The third kappa shape index (κ3) is 5.17. The maximum absolute atomic E-state index is 2.20. The van der Waals surface area contributed by atoms with Crippen molar-refractivity contribution < 1.29 is 26.2 Å². The molecule has 2 aromatic rings. The molecule has 0 saturated heterocycles. The van der Waals surface area contributed by atoms with Gasteiger partial charge in [-0.25, -0.2) is 23.3 Å². The second kappa shape index (κ2) is 7.11. The van der Waals surface area contributed by atoms with E-state index >= 15 is 0 Å². The largest absolute Gasteiger partial charge is 2.00 e. The van der Waals surface area contributed by atoms with Gasteiger partial charge in [0.15, 0.2) is 0 Å². The van der Waals surface area contributed by atoms with Crippen molar-refractivity contribution in [3.63, 3.8) is 0 Å². The third-order valence-corrected chi connectivity index (χ3v) is 3.02. The molecule has 0 atom stereocenters. The maximum atomic E-state index is 2.20. The molecule has 0 fully saturated rings. The van der Waals surface area contributed by atoms with Crippen molar-refractivity contribution in [2.24, 2.45) is 0 Å². The van der Waals surface area contributed by atoms with Crippen LogP contribution in [0.2, 0.25) is 0 Å². The fourth-order valence-electron chi connectivity index (χ4n) is 1.90. The molecular weight excluding hydrogens is 283 g/mol. The minimum atomic E-state index is 0. The van der Waals surface area contributed by atoms with Gasteiger partial charge >= 0.3 is 26.2 Å². The molecule has 2 rings (SSSR count). The van der Waals surface area contributed by atoms with Crippen molar-refractivity contribution in [3.8, 4) is 0 Å². The average Bonchev–Trinajstić information content (AvgIpc) is 2.58. The van der Waals surface area contributed by atoms with Gasteiger partial charge < -0.3 is 0 Å². The number of hydrogen-bond donors (Lipinski definition) is 0. The van der Waals surface area contributed by atoms with Gasteiger partial charge in [0.25, 0.3) is 0 Å². The molecule has 0 unspecified atom stereocenters. The van der Waals surface area contributed by atoms with Crippen LogP contribution in [0.5, 0.6) is 0 Å². The summed E-state index contributed by atoms with van der Waals surface area (Å²) in [6.45, 7) is 12.8. The average molecular weight is 306 g/mol. The van der Waals surface area contributed by atoms with Crippen LogP contribution in [0.4, 0.5) is 0 Å². The Kier molecular flexibility index (Phi) is 6.94. The van der Waals surface area contributed by atoms with Crippen molar-refractivity contribution in [1.82, 2.24) is 0 Å². The number of hydrogen-bond acceptors (Lipinski definition) is 0. The summed E-state index contributed by atoms with van der Waals surface area (Å²) in [6.07, 6.45) is 0. The summed E-state index contributed by atoms with van der Waals surface area (Å²) in [5.41, 5.74) is 8.37. The van der Waals surface area contributed by atoms with E-state index < -0.39 is 0 Å². The Morgan fingerprint density at radius 3 is 1.06 bits per heavy atom. The van der Waals surface area contributed by atoms with E-state index in [0.717, 1.165) is 0 Å². The van der Waals surface area contributed by atoms with Crippen LogP contribution in [0.25, 0.3) is 0 Å². The molecule has 17 heavy (non-hydrogen) atoms. The Labute approximate surface area is 125 Å². The summed E-state index contributed by atoms with van der Waals surface area (Å²) in [5, 5.41) is 0. The van der Waals surface area contributed by atoms with E-state index in [-0.39, 0.29) is 26.2 Å². The van der Waals surface area contributed by atoms with Gasteiger partial charge in [0, 0.05) is 0 Å². The van der Waals surface area contributed by atoms with E-state index in [9.17, 15) is 0 Å². The van der Waals surface area contributed by atoms with Crippen LogP contribution in [0.15, 0.2) is 24.3 Å². The Balaban J connectivity index is 0.000000284. The molecule has 0 aliphatic heterocycles. The molecule has 0 aliphatic carbocycles. The summed E-state index contributed by atoms with van der Waals surface area (Å²) in [6, 6.07) is 8.81. The molecule has 0 spiro atoms. The molecular formula is C16H22Zr. The zero-order valence-corrected chi connectivity index (χ0v) is 14.3. The summed E-state index contributed by atoms with van der Waals surface area (Å²) in [4.78, 5) is 0. The molecule has 0 aromatic heterocycles. The van der Waals surface area contributed by atoms with Crippen LogP contribution in [0.3, 0.4) is 0 Å². The molecule has 0 saturated carbocycles. The van der Waals surface area contributed by atoms with Gasteiger partial charge in [-0.3, -0.25) is 0 Å². The minimum absolute atomic E-state index is 0. The molecule has 90 valence electrons. The van der Waals surface area contributed by atoms with Crippen LogP contribution in [0, 0.1) is 41.5 Å². The Morgan fingerprint density at radius 2 is 1.00 bits per heavy atom. The summed E-state index contributed by atoms with van der Waals surface area (Å²) in [7, 11) is 0. The molecule has 2 aromatic carbocycles. The van der Waals surface area contributed by atoms with E-state index in [1.165, 1.54) is 33.4 Å². The van der Waals surface area contributed by atoms with Crippen LogP contribution < -0.4 is 0 Å². The standard InChI is InChI=1S/2C8H11.Zr/c2*1-6-4-7(2)8(3)5-6;/h2*4-5H,1-3H3;/q2*-1;+2. The van der Waals surface area contributed by atoms with Gasteiger partial charge in [-0.05, 0) is 0 Å². The van der Waals surface area contributed by atoms with Gasteiger partial charge in [0.05, 0.1) is 0 Å². The topological polar surface area (TPSA) is 0 Å². The van der Waals surface area contributed by atoms with E-state index in [4.69, 9.17) is 0 Å². The zero-order chi connectivity index (χ0) is 12.3. The Bertz CT molecular complexity index is 375. The fraction of sp³-hybridized carbons (Fsp3) is 0.375. The quantitative estimate of drug-likeness (QED) is 0.621. The predicted molar refractivity (Wildman–Crippen MR) is 72.5 cm³/mol. The van der Waals surface area contributed by atoms with Gasteiger partial charge in [0.2, 0.25) is 0 Å².